The van der Waals surface area contributed by atoms with E-state index in [2.05, 4.69) is 0 Å². The molecule has 0 heterocycles. The topological polar surface area (TPSA) is 58.2 Å². The lowest BCUT2D eigenvalue weighted by Crippen LogP contribution is -2.37. The molecule has 106 valence electrons. The van der Waals surface area contributed by atoms with Crippen LogP contribution in [0, 0.1) is 0 Å². The molecule has 18 heavy (non-hydrogen) atoms. The molecule has 0 aromatic rings. The zero-order valence-corrected chi connectivity index (χ0v) is 8.91. The fourth-order valence-corrected chi connectivity index (χ4v) is 0.893. The molecule has 0 spiro atoms. The molecule has 0 aliphatic rings. The van der Waals surface area contributed by atoms with Crippen molar-refractivity contribution in [1.82, 2.24) is 10.6 Å². The zero-order valence-electron chi connectivity index (χ0n) is 8.91. The van der Waals surface area contributed by atoms with E-state index in [1.165, 1.54) is 0 Å². The molecule has 0 aromatic carbocycles. The highest BCUT2D eigenvalue weighted by Crippen LogP contribution is 2.19. The van der Waals surface area contributed by atoms with Crippen molar-refractivity contribution in [2.75, 3.05) is 13.1 Å². The predicted molar refractivity (Wildman–Crippen MR) is 47.4 cm³/mol. The van der Waals surface area contributed by atoms with Crippen molar-refractivity contribution in [3.63, 3.8) is 0 Å². The van der Waals surface area contributed by atoms with E-state index >= 15 is 0 Å². The predicted octanol–water partition coefficient (Wildman–Crippen LogP) is 1.12. The van der Waals surface area contributed by atoms with Gasteiger partial charge >= 0.3 is 12.4 Å². The minimum atomic E-state index is -4.65. The minimum Gasteiger partial charge on any atom is -0.354 e. The van der Waals surface area contributed by atoms with Gasteiger partial charge in [-0.1, -0.05) is 0 Å². The average Bonchev–Trinajstić information content (AvgIpc) is 2.06. The first-order valence-electron chi connectivity index (χ1n) is 4.66. The Morgan fingerprint density at radius 3 is 1.22 bits per heavy atom. The lowest BCUT2D eigenvalue weighted by atomic mass is 10.3. The number of nitrogens with one attached hydrogen (secondary N) is 2. The molecule has 0 aromatic heterocycles. The minimum absolute atomic E-state index is 0.376. The van der Waals surface area contributed by atoms with Crippen LogP contribution in [-0.4, -0.2) is 37.3 Å². The summed E-state index contributed by atoms with van der Waals surface area (Å²) in [6.07, 6.45) is -12.7. The molecule has 0 radical (unpaired) electrons. The summed E-state index contributed by atoms with van der Waals surface area (Å²) >= 11 is 0. The number of halogens is 6. The van der Waals surface area contributed by atoms with E-state index in [0.717, 1.165) is 0 Å². The van der Waals surface area contributed by atoms with Gasteiger partial charge in [0.15, 0.2) is 0 Å². The molecule has 0 aliphatic carbocycles. The Labute approximate surface area is 97.7 Å². The number of rotatable bonds is 5. The summed E-state index contributed by atoms with van der Waals surface area (Å²) in [5.74, 6) is -2.62. The van der Waals surface area contributed by atoms with E-state index < -0.39 is 37.0 Å². The lowest BCUT2D eigenvalue weighted by Gasteiger charge is -2.09. The standard InChI is InChI=1S/C8H10F6N2O2/c9-7(10,11)3-5(17)15-1-2-16-6(18)4-8(12,13)14/h1-4H2,(H,15,17)(H,16,18). The summed E-state index contributed by atoms with van der Waals surface area (Å²) in [6, 6.07) is 0. The van der Waals surface area contributed by atoms with Gasteiger partial charge in [0.2, 0.25) is 11.8 Å². The van der Waals surface area contributed by atoms with E-state index in [9.17, 15) is 35.9 Å². The van der Waals surface area contributed by atoms with Gasteiger partial charge in [0.1, 0.15) is 12.8 Å². The summed E-state index contributed by atoms with van der Waals surface area (Å²) in [5.41, 5.74) is 0. The van der Waals surface area contributed by atoms with Gasteiger partial charge in [0.05, 0.1) is 0 Å². The van der Waals surface area contributed by atoms with E-state index in [-0.39, 0.29) is 13.1 Å². The molecule has 4 nitrogen and oxygen atoms in total. The highest BCUT2D eigenvalue weighted by molar-refractivity contribution is 5.77. The van der Waals surface area contributed by atoms with Crippen LogP contribution in [0.4, 0.5) is 26.3 Å². The van der Waals surface area contributed by atoms with Crippen LogP contribution in [0.2, 0.25) is 0 Å². The van der Waals surface area contributed by atoms with Gasteiger partial charge in [-0.25, -0.2) is 0 Å². The second-order valence-corrected chi connectivity index (χ2v) is 3.28. The SMILES string of the molecule is O=C(CC(F)(F)F)NCCNC(=O)CC(F)(F)F. The fourth-order valence-electron chi connectivity index (χ4n) is 0.893. The largest absolute Gasteiger partial charge is 0.397 e. The Hall–Kier alpha value is -1.48. The fraction of sp³-hybridized carbons (Fsp3) is 0.750. The van der Waals surface area contributed by atoms with Crippen LogP contribution < -0.4 is 10.6 Å². The zero-order chi connectivity index (χ0) is 14.4. The maximum atomic E-state index is 11.7. The van der Waals surface area contributed by atoms with Crippen molar-refractivity contribution in [2.24, 2.45) is 0 Å². The molecule has 0 unspecified atom stereocenters. The summed E-state index contributed by atoms with van der Waals surface area (Å²) in [5, 5.41) is 3.60. The first-order chi connectivity index (χ1) is 7.99. The number of alkyl halides is 6. The van der Waals surface area contributed by atoms with Crippen LogP contribution in [-0.2, 0) is 9.59 Å². The van der Waals surface area contributed by atoms with E-state index in [1.807, 2.05) is 0 Å². The van der Waals surface area contributed by atoms with Crippen molar-refractivity contribution >= 4 is 11.8 Å². The van der Waals surface area contributed by atoms with Gasteiger partial charge in [-0.15, -0.1) is 0 Å². The van der Waals surface area contributed by atoms with Crippen LogP contribution in [0.25, 0.3) is 0 Å². The highest BCUT2D eigenvalue weighted by atomic mass is 19.4. The Bertz CT molecular complexity index is 269. The molecule has 0 bridgehead atoms. The third-order valence-electron chi connectivity index (χ3n) is 1.49. The second kappa shape index (κ2) is 6.45. The van der Waals surface area contributed by atoms with Gasteiger partial charge in [0.25, 0.3) is 0 Å². The van der Waals surface area contributed by atoms with E-state index in [4.69, 9.17) is 0 Å². The molecule has 2 amide bonds. The Morgan fingerprint density at radius 2 is 1.00 bits per heavy atom. The third-order valence-corrected chi connectivity index (χ3v) is 1.49. The molecule has 0 fully saturated rings. The van der Waals surface area contributed by atoms with Gasteiger partial charge in [-0.3, -0.25) is 9.59 Å². The van der Waals surface area contributed by atoms with E-state index in [1.54, 1.807) is 10.6 Å². The number of hydrogen-bond acceptors (Lipinski definition) is 2. The molecular weight excluding hydrogens is 270 g/mol. The second-order valence-electron chi connectivity index (χ2n) is 3.28. The van der Waals surface area contributed by atoms with Crippen LogP contribution in [0.1, 0.15) is 12.8 Å². The molecule has 0 saturated heterocycles. The van der Waals surface area contributed by atoms with Crippen molar-refractivity contribution in [1.29, 1.82) is 0 Å². The summed E-state index contributed by atoms with van der Waals surface area (Å²) in [7, 11) is 0. The normalized spacial score (nSPS) is 12.1. The smallest absolute Gasteiger partial charge is 0.354 e. The van der Waals surface area contributed by atoms with Crippen LogP contribution in [0.5, 0.6) is 0 Å². The van der Waals surface area contributed by atoms with Gasteiger partial charge in [-0.05, 0) is 0 Å². The first-order valence-corrected chi connectivity index (χ1v) is 4.66. The van der Waals surface area contributed by atoms with Crippen molar-refractivity contribution in [2.45, 2.75) is 25.2 Å². The number of carbonyl (C=O) groups excluding carboxylic acids is 2. The van der Waals surface area contributed by atoms with E-state index in [0.29, 0.717) is 0 Å². The Kier molecular flexibility index (Phi) is 5.92. The molecule has 0 rings (SSSR count). The number of hydrogen-bond donors (Lipinski definition) is 2. The summed E-state index contributed by atoms with van der Waals surface area (Å²) in [4.78, 5) is 21.2. The quantitative estimate of drug-likeness (QED) is 0.586. The lowest BCUT2D eigenvalue weighted by molar-refractivity contribution is -0.156. The van der Waals surface area contributed by atoms with Crippen molar-refractivity contribution in [3.05, 3.63) is 0 Å². The third kappa shape index (κ3) is 11.0. The van der Waals surface area contributed by atoms with Crippen molar-refractivity contribution in [3.8, 4) is 0 Å². The van der Waals surface area contributed by atoms with Gasteiger partial charge in [0, 0.05) is 13.1 Å². The van der Waals surface area contributed by atoms with Crippen LogP contribution in [0.3, 0.4) is 0 Å². The Balaban J connectivity index is 3.69. The monoisotopic (exact) mass is 280 g/mol. The summed E-state index contributed by atoms with van der Waals surface area (Å²) in [6.45, 7) is -0.753. The maximum absolute atomic E-state index is 11.7. The first kappa shape index (κ1) is 16.5. The molecular formula is C8H10F6N2O2. The van der Waals surface area contributed by atoms with Gasteiger partial charge in [-0.2, -0.15) is 26.3 Å². The van der Waals surface area contributed by atoms with Gasteiger partial charge < -0.3 is 10.6 Å². The number of carbonyl (C=O) groups is 2. The highest BCUT2D eigenvalue weighted by Gasteiger charge is 2.31. The van der Waals surface area contributed by atoms with Crippen LogP contribution >= 0.6 is 0 Å². The molecule has 0 atom stereocenters. The number of amides is 2. The average molecular weight is 280 g/mol. The Morgan fingerprint density at radius 1 is 0.722 bits per heavy atom. The molecule has 0 saturated carbocycles. The van der Waals surface area contributed by atoms with Crippen LogP contribution in [0.15, 0.2) is 0 Å². The molecule has 10 heteroatoms. The van der Waals surface area contributed by atoms with Crippen molar-refractivity contribution < 1.29 is 35.9 Å². The summed E-state index contributed by atoms with van der Waals surface area (Å²) < 4.78 is 70.0. The molecule has 2 N–H and O–H groups in total. The maximum Gasteiger partial charge on any atom is 0.397 e. The molecule has 0 aliphatic heterocycles.